The molecule has 0 aliphatic rings. The zero-order valence-electron chi connectivity index (χ0n) is 17.3. The molecule has 1 unspecified atom stereocenters. The molecule has 0 saturated heterocycles. The Bertz CT molecular complexity index is 1310. The average molecular weight is 426 g/mol. The van der Waals surface area contributed by atoms with Crippen molar-refractivity contribution in [3.63, 3.8) is 0 Å². The zero-order valence-corrected chi connectivity index (χ0v) is 17.3. The fraction of sp³-hybridized carbons (Fsp3) is 0.120. The lowest BCUT2D eigenvalue weighted by Crippen LogP contribution is -2.32. The number of aromatic nitrogens is 2. The molecule has 160 valence electrons. The van der Waals surface area contributed by atoms with Gasteiger partial charge in [0, 0.05) is 6.54 Å². The maximum Gasteiger partial charge on any atom is 0.285 e. The van der Waals surface area contributed by atoms with Crippen LogP contribution >= 0.6 is 0 Å². The van der Waals surface area contributed by atoms with Gasteiger partial charge in [0.05, 0.1) is 12.1 Å². The van der Waals surface area contributed by atoms with Crippen molar-refractivity contribution in [2.24, 2.45) is 11.5 Å². The van der Waals surface area contributed by atoms with Crippen LogP contribution in [0.1, 0.15) is 33.4 Å². The summed E-state index contributed by atoms with van der Waals surface area (Å²) < 4.78 is 1.60. The monoisotopic (exact) mass is 426 g/mol. The van der Waals surface area contributed by atoms with E-state index in [0.29, 0.717) is 0 Å². The van der Waals surface area contributed by atoms with E-state index in [-0.39, 0.29) is 24.5 Å². The predicted molar refractivity (Wildman–Crippen MR) is 121 cm³/mol. The highest BCUT2D eigenvalue weighted by molar-refractivity contribution is 6.37. The highest BCUT2D eigenvalue weighted by Crippen LogP contribution is 2.25. The van der Waals surface area contributed by atoms with Crippen LogP contribution in [0.25, 0.3) is 10.8 Å². The van der Waals surface area contributed by atoms with Crippen molar-refractivity contribution < 1.29 is 14.4 Å². The summed E-state index contributed by atoms with van der Waals surface area (Å²) in [5.74, 6) is -3.15. The van der Waals surface area contributed by atoms with Crippen LogP contribution in [-0.4, -0.2) is 27.1 Å². The minimum Gasteiger partial charge on any atom is -0.364 e. The Morgan fingerprint density at radius 3 is 2.22 bits per heavy atom. The lowest BCUT2D eigenvalue weighted by atomic mass is 9.93. The molecule has 4 N–H and O–H groups in total. The van der Waals surface area contributed by atoms with Crippen molar-refractivity contribution in [3.8, 4) is 0 Å². The van der Waals surface area contributed by atoms with Crippen molar-refractivity contribution in [1.29, 1.82) is 0 Å². The van der Waals surface area contributed by atoms with Crippen molar-refractivity contribution in [1.82, 2.24) is 9.55 Å². The van der Waals surface area contributed by atoms with Crippen LogP contribution in [0, 0.1) is 0 Å². The van der Waals surface area contributed by atoms with E-state index in [1.807, 2.05) is 72.8 Å². The van der Waals surface area contributed by atoms with Gasteiger partial charge >= 0.3 is 0 Å². The van der Waals surface area contributed by atoms with Gasteiger partial charge in [0.25, 0.3) is 11.8 Å². The van der Waals surface area contributed by atoms with E-state index in [1.165, 1.54) is 6.20 Å². The Hall–Kier alpha value is -4.26. The number of nitrogens with two attached hydrogens (primary N) is 2. The van der Waals surface area contributed by atoms with Crippen LogP contribution in [0.5, 0.6) is 0 Å². The number of hydrogen-bond acceptors (Lipinski definition) is 4. The number of hydrogen-bond donors (Lipinski definition) is 2. The second-order valence-corrected chi connectivity index (χ2v) is 7.60. The number of Topliss-reactive ketones (excluding diaryl/α,β-unsaturated/α-hetero) is 1. The largest absolute Gasteiger partial charge is 0.364 e. The molecule has 0 spiro atoms. The van der Waals surface area contributed by atoms with E-state index >= 15 is 0 Å². The number of carbonyl (C=O) groups is 3. The maximum atomic E-state index is 12.8. The molecule has 0 radical (unpaired) electrons. The highest BCUT2D eigenvalue weighted by Gasteiger charge is 2.31. The topological polar surface area (TPSA) is 121 Å². The minimum atomic E-state index is -1.05. The van der Waals surface area contributed by atoms with Gasteiger partial charge < -0.3 is 16.0 Å². The van der Waals surface area contributed by atoms with Crippen LogP contribution in [-0.2, 0) is 22.6 Å². The molecule has 7 heteroatoms. The first-order valence-corrected chi connectivity index (χ1v) is 10.1. The molecule has 0 aliphatic heterocycles. The second-order valence-electron chi connectivity index (χ2n) is 7.60. The van der Waals surface area contributed by atoms with Crippen LogP contribution in [0.15, 0.2) is 79.0 Å². The number of primary amides is 2. The molecule has 0 bridgehead atoms. The SMILES string of the molecule is NC(=O)C(=O)C(Cc1ccccc1)c1ncc(C(N)=O)n1Cc1ccc2ccccc2c1. The lowest BCUT2D eigenvalue weighted by molar-refractivity contribution is -0.137. The molecule has 2 amide bonds. The fourth-order valence-corrected chi connectivity index (χ4v) is 3.87. The van der Waals surface area contributed by atoms with Gasteiger partial charge in [0.1, 0.15) is 11.5 Å². The van der Waals surface area contributed by atoms with Crippen LogP contribution < -0.4 is 11.5 Å². The van der Waals surface area contributed by atoms with Gasteiger partial charge in [-0.1, -0.05) is 66.7 Å². The molecule has 1 atom stereocenters. The average Bonchev–Trinajstić information content (AvgIpc) is 3.21. The summed E-state index contributed by atoms with van der Waals surface area (Å²) in [6, 6.07) is 23.1. The van der Waals surface area contributed by atoms with Crippen molar-refractivity contribution in [2.45, 2.75) is 18.9 Å². The Labute approximate surface area is 184 Å². The first-order chi connectivity index (χ1) is 15.4. The molecule has 0 saturated carbocycles. The van der Waals surface area contributed by atoms with Crippen LogP contribution in [0.3, 0.4) is 0 Å². The van der Waals surface area contributed by atoms with Gasteiger partial charge in [-0.15, -0.1) is 0 Å². The number of rotatable bonds is 8. The summed E-state index contributed by atoms with van der Waals surface area (Å²) in [6.45, 7) is 0.260. The summed E-state index contributed by atoms with van der Waals surface area (Å²) in [7, 11) is 0. The summed E-state index contributed by atoms with van der Waals surface area (Å²) in [6.07, 6.45) is 1.56. The number of ketones is 1. The Morgan fingerprint density at radius 2 is 1.53 bits per heavy atom. The quantitative estimate of drug-likeness (QED) is 0.421. The number of imidazole rings is 1. The smallest absolute Gasteiger partial charge is 0.285 e. The Kier molecular flexibility index (Phi) is 5.81. The fourth-order valence-electron chi connectivity index (χ4n) is 3.87. The number of amides is 2. The predicted octanol–water partition coefficient (Wildman–Crippen LogP) is 2.56. The molecule has 1 aromatic heterocycles. The Morgan fingerprint density at radius 1 is 0.844 bits per heavy atom. The number of nitrogens with zero attached hydrogens (tertiary/aromatic N) is 2. The van der Waals surface area contributed by atoms with E-state index in [2.05, 4.69) is 4.98 Å². The van der Waals surface area contributed by atoms with E-state index < -0.39 is 23.5 Å². The van der Waals surface area contributed by atoms with E-state index in [9.17, 15) is 14.4 Å². The first kappa shape index (κ1) is 21.0. The summed E-state index contributed by atoms with van der Waals surface area (Å²) in [4.78, 5) is 41.0. The normalized spacial score (nSPS) is 11.9. The molecule has 4 rings (SSSR count). The third-order valence-corrected chi connectivity index (χ3v) is 5.45. The standard InChI is InChI=1S/C25H22N4O3/c26-23(31)21-14-28-25(20(22(30)24(27)32)13-16-6-2-1-3-7-16)29(21)15-17-10-11-18-8-4-5-9-19(18)12-17/h1-12,14,20H,13,15H2,(H2,26,31)(H2,27,32). The lowest BCUT2D eigenvalue weighted by Gasteiger charge is -2.18. The summed E-state index contributed by atoms with van der Waals surface area (Å²) in [5.41, 5.74) is 12.8. The van der Waals surface area contributed by atoms with Gasteiger partial charge in [-0.05, 0) is 34.4 Å². The molecule has 32 heavy (non-hydrogen) atoms. The number of carbonyl (C=O) groups excluding carboxylic acids is 3. The highest BCUT2D eigenvalue weighted by atomic mass is 16.2. The Balaban J connectivity index is 1.78. The summed E-state index contributed by atoms with van der Waals surface area (Å²) in [5, 5.41) is 2.13. The van der Waals surface area contributed by atoms with Gasteiger partial charge in [-0.2, -0.15) is 0 Å². The van der Waals surface area contributed by atoms with E-state index in [4.69, 9.17) is 11.5 Å². The third kappa shape index (κ3) is 4.27. The van der Waals surface area contributed by atoms with Gasteiger partial charge in [-0.3, -0.25) is 14.4 Å². The molecule has 7 nitrogen and oxygen atoms in total. The second kappa shape index (κ2) is 8.85. The van der Waals surface area contributed by atoms with Crippen molar-refractivity contribution in [3.05, 3.63) is 102 Å². The van der Waals surface area contributed by atoms with E-state index in [1.54, 1.807) is 4.57 Å². The maximum absolute atomic E-state index is 12.8. The van der Waals surface area contributed by atoms with Crippen molar-refractivity contribution in [2.75, 3.05) is 0 Å². The third-order valence-electron chi connectivity index (χ3n) is 5.45. The van der Waals surface area contributed by atoms with Crippen LogP contribution in [0.4, 0.5) is 0 Å². The molecule has 1 heterocycles. The van der Waals surface area contributed by atoms with Crippen LogP contribution in [0.2, 0.25) is 0 Å². The molecule has 3 aromatic carbocycles. The minimum absolute atomic E-state index is 0.156. The molecule has 4 aromatic rings. The number of benzene rings is 3. The first-order valence-electron chi connectivity index (χ1n) is 10.1. The molecule has 0 fully saturated rings. The van der Waals surface area contributed by atoms with Gasteiger partial charge in [0.15, 0.2) is 0 Å². The van der Waals surface area contributed by atoms with E-state index in [0.717, 1.165) is 21.9 Å². The molecule has 0 aliphatic carbocycles. The van der Waals surface area contributed by atoms with Gasteiger partial charge in [-0.25, -0.2) is 4.98 Å². The molecular formula is C25H22N4O3. The van der Waals surface area contributed by atoms with Crippen molar-refractivity contribution >= 4 is 28.4 Å². The zero-order chi connectivity index (χ0) is 22.7. The van der Waals surface area contributed by atoms with Gasteiger partial charge in [0.2, 0.25) is 5.78 Å². The molecular weight excluding hydrogens is 404 g/mol. The number of fused-ring (bicyclic) bond motifs is 1. The summed E-state index contributed by atoms with van der Waals surface area (Å²) >= 11 is 0.